The topological polar surface area (TPSA) is 74.7 Å². The van der Waals surface area contributed by atoms with E-state index in [2.05, 4.69) is 34.4 Å². The average molecular weight is 388 g/mol. The molecule has 0 saturated carbocycles. The summed E-state index contributed by atoms with van der Waals surface area (Å²) < 4.78 is 5.90. The first kappa shape index (κ1) is 20.8. The van der Waals surface area contributed by atoms with E-state index >= 15 is 0 Å². The van der Waals surface area contributed by atoms with Gasteiger partial charge in [-0.3, -0.25) is 4.79 Å². The van der Waals surface area contributed by atoms with Crippen molar-refractivity contribution in [3.8, 4) is 5.88 Å². The molecule has 2 aliphatic rings. The first-order valence-corrected chi connectivity index (χ1v) is 10.4. The lowest BCUT2D eigenvalue weighted by molar-refractivity contribution is -0.126. The number of aliphatic hydroxyl groups is 1. The predicted molar refractivity (Wildman–Crippen MR) is 110 cm³/mol. The number of nitrogens with one attached hydrogen (secondary N) is 1. The van der Waals surface area contributed by atoms with Crippen LogP contribution in [0, 0.1) is 11.8 Å². The van der Waals surface area contributed by atoms with Gasteiger partial charge >= 0.3 is 0 Å². The van der Waals surface area contributed by atoms with Crippen LogP contribution in [0.1, 0.15) is 44.6 Å². The number of carbonyl (C=O) groups excluding carboxylic acids is 1. The minimum absolute atomic E-state index is 0.0112. The number of amides is 1. The van der Waals surface area contributed by atoms with Crippen LogP contribution in [0.3, 0.4) is 0 Å². The molecule has 28 heavy (non-hydrogen) atoms. The van der Waals surface area contributed by atoms with Crippen molar-refractivity contribution in [1.29, 1.82) is 0 Å². The largest absolute Gasteiger partial charge is 0.477 e. The van der Waals surface area contributed by atoms with Crippen molar-refractivity contribution in [3.63, 3.8) is 0 Å². The standard InChI is InChI=1S/C22H33N3O3/c1-16(14-26)24-22(27)19-5-3-18(4-6-19)20-7-8-21(23-13-20)28-15-17-9-11-25(2)12-10-17/h3,7-8,13,16-17,19,26H,4-6,9-12,14-15H2,1-2H3,(H,24,27). The van der Waals surface area contributed by atoms with E-state index in [1.54, 1.807) is 0 Å². The fraction of sp³-hybridized carbons (Fsp3) is 0.636. The third kappa shape index (κ3) is 5.79. The Morgan fingerprint density at radius 3 is 2.75 bits per heavy atom. The zero-order chi connectivity index (χ0) is 19.9. The molecule has 6 nitrogen and oxygen atoms in total. The lowest BCUT2D eigenvalue weighted by atomic mass is 9.86. The van der Waals surface area contributed by atoms with Crippen LogP contribution in [0.15, 0.2) is 24.4 Å². The smallest absolute Gasteiger partial charge is 0.223 e. The maximum absolute atomic E-state index is 12.2. The second-order valence-electron chi connectivity index (χ2n) is 8.24. The zero-order valence-corrected chi connectivity index (χ0v) is 17.1. The summed E-state index contributed by atoms with van der Waals surface area (Å²) in [5, 5.41) is 11.9. The second kappa shape index (κ2) is 10.0. The van der Waals surface area contributed by atoms with Gasteiger partial charge in [0.05, 0.1) is 13.2 Å². The van der Waals surface area contributed by atoms with Gasteiger partial charge < -0.3 is 20.1 Å². The van der Waals surface area contributed by atoms with E-state index in [-0.39, 0.29) is 24.5 Å². The highest BCUT2D eigenvalue weighted by atomic mass is 16.5. The molecule has 2 N–H and O–H groups in total. The molecule has 0 radical (unpaired) electrons. The number of ether oxygens (including phenoxy) is 1. The third-order valence-electron chi connectivity index (χ3n) is 5.86. The Hall–Kier alpha value is -1.92. The first-order chi connectivity index (χ1) is 13.5. The van der Waals surface area contributed by atoms with Gasteiger partial charge in [-0.2, -0.15) is 0 Å². The normalized spacial score (nSPS) is 22.4. The van der Waals surface area contributed by atoms with Gasteiger partial charge in [0.15, 0.2) is 0 Å². The highest BCUT2D eigenvalue weighted by molar-refractivity contribution is 5.80. The Kier molecular flexibility index (Phi) is 7.45. The van der Waals surface area contributed by atoms with Crippen molar-refractivity contribution < 1.29 is 14.6 Å². The van der Waals surface area contributed by atoms with E-state index in [1.165, 1.54) is 18.4 Å². The molecule has 1 saturated heterocycles. The molecule has 3 rings (SSSR count). The van der Waals surface area contributed by atoms with Crippen LogP contribution in [0.2, 0.25) is 0 Å². The van der Waals surface area contributed by atoms with E-state index < -0.39 is 0 Å². The van der Waals surface area contributed by atoms with Gasteiger partial charge in [0.25, 0.3) is 0 Å². The number of aliphatic hydroxyl groups excluding tert-OH is 1. The number of piperidine rings is 1. The van der Waals surface area contributed by atoms with Crippen LogP contribution in [-0.4, -0.2) is 60.3 Å². The molecule has 1 aromatic rings. The molecule has 1 aliphatic carbocycles. The fourth-order valence-electron chi connectivity index (χ4n) is 3.83. The number of hydrogen-bond donors (Lipinski definition) is 2. The van der Waals surface area contributed by atoms with E-state index in [0.29, 0.717) is 11.8 Å². The van der Waals surface area contributed by atoms with Gasteiger partial charge in [-0.05, 0) is 82.3 Å². The maximum atomic E-state index is 12.2. The van der Waals surface area contributed by atoms with Crippen molar-refractivity contribution in [2.75, 3.05) is 33.4 Å². The molecule has 154 valence electrons. The molecule has 2 unspecified atom stereocenters. The van der Waals surface area contributed by atoms with Crippen molar-refractivity contribution in [2.45, 2.75) is 45.1 Å². The van der Waals surface area contributed by atoms with Crippen LogP contribution >= 0.6 is 0 Å². The molecule has 0 aromatic carbocycles. The minimum atomic E-state index is -0.191. The summed E-state index contributed by atoms with van der Waals surface area (Å²) in [6.07, 6.45) is 8.82. The predicted octanol–water partition coefficient (Wildman–Crippen LogP) is 2.48. The molecule has 0 spiro atoms. The summed E-state index contributed by atoms with van der Waals surface area (Å²) in [6, 6.07) is 3.83. The maximum Gasteiger partial charge on any atom is 0.223 e. The van der Waals surface area contributed by atoms with Crippen molar-refractivity contribution in [2.24, 2.45) is 11.8 Å². The number of nitrogens with zero attached hydrogens (tertiary/aromatic N) is 2. The zero-order valence-electron chi connectivity index (χ0n) is 17.1. The quantitative estimate of drug-likeness (QED) is 0.752. The number of allylic oxidation sites excluding steroid dienone is 2. The second-order valence-corrected chi connectivity index (χ2v) is 8.24. The number of carbonyl (C=O) groups is 1. The van der Waals surface area contributed by atoms with Gasteiger partial charge in [-0.1, -0.05) is 6.08 Å². The summed E-state index contributed by atoms with van der Waals surface area (Å²) in [5.41, 5.74) is 2.35. The molecule has 0 bridgehead atoms. The summed E-state index contributed by atoms with van der Waals surface area (Å²) in [6.45, 7) is 4.81. The number of likely N-dealkylation sites (tertiary alicyclic amines) is 1. The number of aromatic nitrogens is 1. The lowest BCUT2D eigenvalue weighted by Crippen LogP contribution is -2.39. The van der Waals surface area contributed by atoms with Gasteiger partial charge in [0.1, 0.15) is 0 Å². The van der Waals surface area contributed by atoms with Crippen LogP contribution in [-0.2, 0) is 4.79 Å². The lowest BCUT2D eigenvalue weighted by Gasteiger charge is -2.28. The van der Waals surface area contributed by atoms with Crippen LogP contribution in [0.5, 0.6) is 5.88 Å². The SMILES string of the molecule is CC(CO)NC(=O)C1CC=C(c2ccc(OCC3CCN(C)CC3)nc2)CC1. The van der Waals surface area contributed by atoms with Crippen molar-refractivity contribution in [3.05, 3.63) is 30.0 Å². The molecule has 1 aliphatic heterocycles. The third-order valence-corrected chi connectivity index (χ3v) is 5.86. The molecule has 1 fully saturated rings. The van der Waals surface area contributed by atoms with Crippen LogP contribution in [0.25, 0.3) is 5.57 Å². The minimum Gasteiger partial charge on any atom is -0.477 e. The molecule has 1 aromatic heterocycles. The molecule has 1 amide bonds. The Morgan fingerprint density at radius 1 is 1.36 bits per heavy atom. The van der Waals surface area contributed by atoms with Gasteiger partial charge in [0, 0.05) is 24.2 Å². The summed E-state index contributed by atoms with van der Waals surface area (Å²) >= 11 is 0. The Morgan fingerprint density at radius 2 is 2.14 bits per heavy atom. The Balaban J connectivity index is 1.48. The van der Waals surface area contributed by atoms with Crippen molar-refractivity contribution in [1.82, 2.24) is 15.2 Å². The monoisotopic (exact) mass is 387 g/mol. The number of pyridine rings is 1. The van der Waals surface area contributed by atoms with E-state index in [0.717, 1.165) is 44.5 Å². The van der Waals surface area contributed by atoms with E-state index in [9.17, 15) is 4.79 Å². The number of rotatable bonds is 7. The molecule has 2 heterocycles. The Labute approximate surface area is 168 Å². The van der Waals surface area contributed by atoms with Gasteiger partial charge in [0.2, 0.25) is 11.8 Å². The first-order valence-electron chi connectivity index (χ1n) is 10.4. The fourth-order valence-corrected chi connectivity index (χ4v) is 3.83. The highest BCUT2D eigenvalue weighted by Gasteiger charge is 2.23. The molecular formula is C22H33N3O3. The average Bonchev–Trinajstić information content (AvgIpc) is 2.73. The van der Waals surface area contributed by atoms with Crippen LogP contribution < -0.4 is 10.1 Å². The van der Waals surface area contributed by atoms with Crippen LogP contribution in [0.4, 0.5) is 0 Å². The summed E-state index contributed by atoms with van der Waals surface area (Å²) in [4.78, 5) is 19.0. The molecule has 6 heteroatoms. The van der Waals surface area contributed by atoms with Crippen molar-refractivity contribution >= 4 is 11.5 Å². The van der Waals surface area contributed by atoms with Gasteiger partial charge in [-0.25, -0.2) is 4.98 Å². The van der Waals surface area contributed by atoms with E-state index in [4.69, 9.17) is 9.84 Å². The summed E-state index contributed by atoms with van der Waals surface area (Å²) in [7, 11) is 2.17. The van der Waals surface area contributed by atoms with Gasteiger partial charge in [-0.15, -0.1) is 0 Å². The highest BCUT2D eigenvalue weighted by Crippen LogP contribution is 2.30. The summed E-state index contributed by atoms with van der Waals surface area (Å²) in [5.74, 6) is 1.33. The van der Waals surface area contributed by atoms with E-state index in [1.807, 2.05) is 19.2 Å². The number of hydrogen-bond acceptors (Lipinski definition) is 5. The molecule has 2 atom stereocenters. The Bertz CT molecular complexity index is 666. The molecular weight excluding hydrogens is 354 g/mol.